The first kappa shape index (κ1) is 6.87. The van der Waals surface area contributed by atoms with Gasteiger partial charge in [0.05, 0.1) is 12.2 Å². The Morgan fingerprint density at radius 1 is 1.30 bits per heavy atom. The third kappa shape index (κ3) is 1.94. The van der Waals surface area contributed by atoms with Gasteiger partial charge in [-0.25, -0.2) is 0 Å². The molecule has 0 atom stereocenters. The lowest BCUT2D eigenvalue weighted by atomic mass is 10.3. The Morgan fingerprint density at radius 2 is 2.00 bits per heavy atom. The van der Waals surface area contributed by atoms with Gasteiger partial charge in [-0.15, -0.1) is 6.58 Å². The standard InChI is InChI=1S/C9H10N/c1-2-8-10-9-6-4-3-5-7-9/h2-7H,1,8H2. The van der Waals surface area contributed by atoms with Crippen molar-refractivity contribution in [1.82, 2.24) is 5.32 Å². The summed E-state index contributed by atoms with van der Waals surface area (Å²) in [6, 6.07) is 9.88. The van der Waals surface area contributed by atoms with Crippen LogP contribution in [0.15, 0.2) is 43.0 Å². The number of nitrogens with zero attached hydrogens (tertiary/aromatic N) is 1. The van der Waals surface area contributed by atoms with E-state index in [0.717, 1.165) is 5.69 Å². The van der Waals surface area contributed by atoms with Crippen LogP contribution in [-0.4, -0.2) is 6.54 Å². The molecule has 0 aromatic heterocycles. The Bertz CT molecular complexity index is 191. The van der Waals surface area contributed by atoms with Crippen molar-refractivity contribution in [2.45, 2.75) is 0 Å². The average molecular weight is 132 g/mol. The van der Waals surface area contributed by atoms with Crippen LogP contribution in [0, 0.1) is 0 Å². The zero-order valence-electron chi connectivity index (χ0n) is 5.83. The minimum absolute atomic E-state index is 0.698. The molecule has 0 unspecified atom stereocenters. The van der Waals surface area contributed by atoms with E-state index in [1.165, 1.54) is 0 Å². The third-order valence-electron chi connectivity index (χ3n) is 1.16. The molecule has 0 N–H and O–H groups in total. The minimum atomic E-state index is 0.698. The maximum absolute atomic E-state index is 4.21. The van der Waals surface area contributed by atoms with E-state index in [0.29, 0.717) is 6.54 Å². The second-order valence-corrected chi connectivity index (χ2v) is 1.96. The van der Waals surface area contributed by atoms with E-state index in [1.807, 2.05) is 30.3 Å². The van der Waals surface area contributed by atoms with Crippen molar-refractivity contribution in [3.63, 3.8) is 0 Å². The topological polar surface area (TPSA) is 14.1 Å². The lowest BCUT2D eigenvalue weighted by molar-refractivity contribution is 0.979. The fourth-order valence-corrected chi connectivity index (χ4v) is 0.703. The smallest absolute Gasteiger partial charge is 0.0578 e. The van der Waals surface area contributed by atoms with E-state index in [4.69, 9.17) is 0 Å². The predicted molar refractivity (Wildman–Crippen MR) is 43.3 cm³/mol. The van der Waals surface area contributed by atoms with Crippen molar-refractivity contribution >= 4 is 5.69 Å². The summed E-state index contributed by atoms with van der Waals surface area (Å²) in [6.45, 7) is 4.28. The normalized spacial score (nSPS) is 8.80. The van der Waals surface area contributed by atoms with E-state index in [-0.39, 0.29) is 0 Å². The van der Waals surface area contributed by atoms with Crippen LogP contribution in [0.5, 0.6) is 0 Å². The molecule has 0 saturated heterocycles. The van der Waals surface area contributed by atoms with Crippen LogP contribution in [0.25, 0.3) is 0 Å². The Hall–Kier alpha value is -1.24. The van der Waals surface area contributed by atoms with Gasteiger partial charge < -0.3 is 0 Å². The highest BCUT2D eigenvalue weighted by Gasteiger charge is 1.85. The van der Waals surface area contributed by atoms with E-state index in [9.17, 15) is 0 Å². The number of hydrogen-bond donors (Lipinski definition) is 0. The van der Waals surface area contributed by atoms with Crippen molar-refractivity contribution in [2.24, 2.45) is 0 Å². The number of benzene rings is 1. The van der Waals surface area contributed by atoms with Gasteiger partial charge in [-0.3, -0.25) is 5.32 Å². The largest absolute Gasteiger partial charge is 0.281 e. The molecule has 10 heavy (non-hydrogen) atoms. The quantitative estimate of drug-likeness (QED) is 0.559. The summed E-state index contributed by atoms with van der Waals surface area (Å²) in [5.41, 5.74) is 1.02. The molecule has 0 bridgehead atoms. The summed E-state index contributed by atoms with van der Waals surface area (Å²) >= 11 is 0. The molecule has 0 heterocycles. The molecule has 1 aromatic carbocycles. The van der Waals surface area contributed by atoms with Gasteiger partial charge in [0.1, 0.15) is 0 Å². The van der Waals surface area contributed by atoms with Crippen molar-refractivity contribution in [1.29, 1.82) is 0 Å². The van der Waals surface area contributed by atoms with Gasteiger partial charge in [0.2, 0.25) is 0 Å². The minimum Gasteiger partial charge on any atom is -0.281 e. The van der Waals surface area contributed by atoms with Crippen molar-refractivity contribution in [2.75, 3.05) is 6.54 Å². The molecule has 0 aliphatic rings. The van der Waals surface area contributed by atoms with Gasteiger partial charge in [0.25, 0.3) is 0 Å². The number of hydrogen-bond acceptors (Lipinski definition) is 0. The van der Waals surface area contributed by atoms with Crippen LogP contribution < -0.4 is 5.32 Å². The van der Waals surface area contributed by atoms with Gasteiger partial charge in [-0.2, -0.15) is 0 Å². The molecule has 1 radical (unpaired) electrons. The molecule has 0 saturated carbocycles. The molecule has 0 amide bonds. The van der Waals surface area contributed by atoms with Crippen molar-refractivity contribution in [3.05, 3.63) is 43.0 Å². The molecule has 0 aliphatic heterocycles. The Kier molecular flexibility index (Phi) is 2.56. The molecule has 0 spiro atoms. The van der Waals surface area contributed by atoms with Crippen LogP contribution in [-0.2, 0) is 0 Å². The number of para-hydroxylation sites is 1. The van der Waals surface area contributed by atoms with E-state index in [1.54, 1.807) is 6.08 Å². The van der Waals surface area contributed by atoms with Crippen LogP contribution in [0.2, 0.25) is 0 Å². The second kappa shape index (κ2) is 3.72. The Morgan fingerprint density at radius 3 is 2.60 bits per heavy atom. The fourth-order valence-electron chi connectivity index (χ4n) is 0.703. The first-order valence-corrected chi connectivity index (χ1v) is 3.27. The zero-order valence-corrected chi connectivity index (χ0v) is 5.83. The summed E-state index contributed by atoms with van der Waals surface area (Å²) in [4.78, 5) is 0. The van der Waals surface area contributed by atoms with Crippen LogP contribution in [0.1, 0.15) is 0 Å². The monoisotopic (exact) mass is 132 g/mol. The van der Waals surface area contributed by atoms with Crippen LogP contribution >= 0.6 is 0 Å². The molecule has 1 aromatic rings. The molecular formula is C9H10N. The van der Waals surface area contributed by atoms with Crippen LogP contribution in [0.3, 0.4) is 0 Å². The predicted octanol–water partition coefficient (Wildman–Crippen LogP) is 2.11. The van der Waals surface area contributed by atoms with E-state index >= 15 is 0 Å². The Balaban J connectivity index is 2.50. The van der Waals surface area contributed by atoms with E-state index in [2.05, 4.69) is 11.9 Å². The second-order valence-electron chi connectivity index (χ2n) is 1.96. The first-order chi connectivity index (χ1) is 4.93. The summed E-state index contributed by atoms with van der Waals surface area (Å²) in [6.07, 6.45) is 1.78. The summed E-state index contributed by atoms with van der Waals surface area (Å²) in [5.74, 6) is 0. The Labute approximate surface area is 61.4 Å². The first-order valence-electron chi connectivity index (χ1n) is 3.27. The lowest BCUT2D eigenvalue weighted by Crippen LogP contribution is -1.94. The molecule has 1 nitrogen and oxygen atoms in total. The lowest BCUT2D eigenvalue weighted by Gasteiger charge is -1.96. The number of rotatable bonds is 3. The molecular weight excluding hydrogens is 122 g/mol. The highest BCUT2D eigenvalue weighted by molar-refractivity contribution is 5.34. The maximum Gasteiger partial charge on any atom is 0.0578 e. The highest BCUT2D eigenvalue weighted by Crippen LogP contribution is 2.03. The van der Waals surface area contributed by atoms with Gasteiger partial charge in [0, 0.05) is 0 Å². The average Bonchev–Trinajstić information content (AvgIpc) is 2.03. The SMILES string of the molecule is C=CC[N]c1ccccc1. The van der Waals surface area contributed by atoms with E-state index < -0.39 is 0 Å². The molecule has 51 valence electrons. The zero-order chi connectivity index (χ0) is 7.23. The fraction of sp³-hybridized carbons (Fsp3) is 0.111. The molecule has 0 aliphatic carbocycles. The van der Waals surface area contributed by atoms with Gasteiger partial charge in [-0.1, -0.05) is 24.3 Å². The van der Waals surface area contributed by atoms with Gasteiger partial charge in [-0.05, 0) is 12.1 Å². The van der Waals surface area contributed by atoms with Crippen molar-refractivity contribution < 1.29 is 0 Å². The van der Waals surface area contributed by atoms with Crippen molar-refractivity contribution in [3.8, 4) is 0 Å². The van der Waals surface area contributed by atoms with Gasteiger partial charge >= 0.3 is 0 Å². The molecule has 1 heteroatoms. The summed E-state index contributed by atoms with van der Waals surface area (Å²) < 4.78 is 0. The third-order valence-corrected chi connectivity index (χ3v) is 1.16. The maximum atomic E-state index is 4.21. The molecule has 0 fully saturated rings. The molecule has 1 rings (SSSR count). The highest BCUT2D eigenvalue weighted by atomic mass is 14.8. The summed E-state index contributed by atoms with van der Waals surface area (Å²) in [7, 11) is 0. The summed E-state index contributed by atoms with van der Waals surface area (Å²) in [5, 5.41) is 4.21. The van der Waals surface area contributed by atoms with Crippen LogP contribution in [0.4, 0.5) is 5.69 Å². The van der Waals surface area contributed by atoms with Gasteiger partial charge in [0.15, 0.2) is 0 Å².